The summed E-state index contributed by atoms with van der Waals surface area (Å²) in [6.07, 6.45) is 11.4. The van der Waals surface area contributed by atoms with Crippen LogP contribution in [0.15, 0.2) is 0 Å². The van der Waals surface area contributed by atoms with Crippen LogP contribution in [0, 0.1) is 5.41 Å². The highest BCUT2D eigenvalue weighted by atomic mass is 16.5. The SMILES string of the molecule is COC(C)CCCCCCCCC(C)(C)C. The van der Waals surface area contributed by atoms with E-state index in [0.717, 1.165) is 0 Å². The van der Waals surface area contributed by atoms with Gasteiger partial charge in [0.1, 0.15) is 0 Å². The number of unbranched alkanes of at least 4 members (excludes halogenated alkanes) is 5. The molecule has 0 amide bonds. The molecule has 0 spiro atoms. The zero-order chi connectivity index (χ0) is 12.4. The third-order valence-electron chi connectivity index (χ3n) is 3.19. The van der Waals surface area contributed by atoms with Gasteiger partial charge in [0.15, 0.2) is 0 Å². The monoisotopic (exact) mass is 228 g/mol. The van der Waals surface area contributed by atoms with Crippen LogP contribution in [0.1, 0.15) is 79.1 Å². The van der Waals surface area contributed by atoms with Crippen LogP contribution in [0.25, 0.3) is 0 Å². The molecular formula is C15H32O. The van der Waals surface area contributed by atoms with Crippen molar-refractivity contribution in [2.24, 2.45) is 5.41 Å². The fourth-order valence-corrected chi connectivity index (χ4v) is 1.91. The Balaban J connectivity index is 3.10. The third-order valence-corrected chi connectivity index (χ3v) is 3.19. The van der Waals surface area contributed by atoms with E-state index in [1.165, 1.54) is 51.4 Å². The number of methoxy groups -OCH3 is 1. The van der Waals surface area contributed by atoms with Gasteiger partial charge in [-0.1, -0.05) is 59.3 Å². The van der Waals surface area contributed by atoms with Crippen LogP contribution in [0.3, 0.4) is 0 Å². The van der Waals surface area contributed by atoms with Crippen LogP contribution in [-0.4, -0.2) is 13.2 Å². The molecule has 0 rings (SSSR count). The number of ether oxygens (including phenoxy) is 1. The Bertz CT molecular complexity index is 146. The molecule has 1 heteroatoms. The second kappa shape index (κ2) is 9.04. The van der Waals surface area contributed by atoms with Crippen molar-refractivity contribution in [1.82, 2.24) is 0 Å². The summed E-state index contributed by atoms with van der Waals surface area (Å²) in [5.74, 6) is 0. The highest BCUT2D eigenvalue weighted by Gasteiger charge is 2.08. The molecule has 0 aromatic rings. The van der Waals surface area contributed by atoms with Crippen LogP contribution < -0.4 is 0 Å². The van der Waals surface area contributed by atoms with E-state index in [2.05, 4.69) is 27.7 Å². The molecule has 98 valence electrons. The molecule has 0 fully saturated rings. The van der Waals surface area contributed by atoms with Gasteiger partial charge in [0.2, 0.25) is 0 Å². The van der Waals surface area contributed by atoms with Gasteiger partial charge < -0.3 is 4.74 Å². The fraction of sp³-hybridized carbons (Fsp3) is 1.00. The van der Waals surface area contributed by atoms with Crippen LogP contribution in [0.5, 0.6) is 0 Å². The Hall–Kier alpha value is -0.0400. The molecule has 0 aliphatic heterocycles. The van der Waals surface area contributed by atoms with Gasteiger partial charge in [-0.05, 0) is 25.2 Å². The Morgan fingerprint density at radius 2 is 1.38 bits per heavy atom. The maximum atomic E-state index is 5.23. The first-order valence-corrected chi connectivity index (χ1v) is 6.98. The summed E-state index contributed by atoms with van der Waals surface area (Å²) in [4.78, 5) is 0. The summed E-state index contributed by atoms with van der Waals surface area (Å²) in [7, 11) is 1.80. The number of hydrogen-bond acceptors (Lipinski definition) is 1. The molecular weight excluding hydrogens is 196 g/mol. The molecule has 0 bridgehead atoms. The van der Waals surface area contributed by atoms with E-state index in [1.807, 2.05) is 0 Å². The van der Waals surface area contributed by atoms with Crippen LogP contribution in [0.4, 0.5) is 0 Å². The fourth-order valence-electron chi connectivity index (χ4n) is 1.91. The molecule has 0 saturated heterocycles. The second-order valence-corrected chi connectivity index (χ2v) is 6.27. The van der Waals surface area contributed by atoms with E-state index in [-0.39, 0.29) is 0 Å². The molecule has 1 unspecified atom stereocenters. The number of hydrogen-bond donors (Lipinski definition) is 0. The van der Waals surface area contributed by atoms with Gasteiger partial charge in [0.25, 0.3) is 0 Å². The highest BCUT2D eigenvalue weighted by Crippen LogP contribution is 2.22. The Kier molecular flexibility index (Phi) is 9.02. The number of rotatable bonds is 9. The molecule has 0 N–H and O–H groups in total. The molecule has 0 aromatic heterocycles. The first kappa shape index (κ1) is 16.0. The van der Waals surface area contributed by atoms with Crippen molar-refractivity contribution in [1.29, 1.82) is 0 Å². The average Bonchev–Trinajstić information content (AvgIpc) is 2.20. The van der Waals surface area contributed by atoms with Gasteiger partial charge in [0, 0.05) is 7.11 Å². The van der Waals surface area contributed by atoms with Crippen molar-refractivity contribution in [3.05, 3.63) is 0 Å². The minimum Gasteiger partial charge on any atom is -0.382 e. The lowest BCUT2D eigenvalue weighted by molar-refractivity contribution is 0.108. The standard InChI is InChI=1S/C15H32O/c1-14(16-5)12-10-8-6-7-9-11-13-15(2,3)4/h14H,6-13H2,1-5H3. The third kappa shape index (κ3) is 12.0. The summed E-state index contributed by atoms with van der Waals surface area (Å²) in [5, 5.41) is 0. The maximum Gasteiger partial charge on any atom is 0.0543 e. The topological polar surface area (TPSA) is 9.23 Å². The molecule has 0 radical (unpaired) electrons. The summed E-state index contributed by atoms with van der Waals surface area (Å²) in [5.41, 5.74) is 0.522. The van der Waals surface area contributed by atoms with Crippen molar-refractivity contribution < 1.29 is 4.74 Å². The van der Waals surface area contributed by atoms with E-state index >= 15 is 0 Å². The first-order valence-electron chi connectivity index (χ1n) is 6.98. The predicted octanol–water partition coefficient (Wildman–Crippen LogP) is 5.19. The van der Waals surface area contributed by atoms with Crippen LogP contribution >= 0.6 is 0 Å². The van der Waals surface area contributed by atoms with E-state index in [9.17, 15) is 0 Å². The minimum absolute atomic E-state index is 0.445. The molecule has 0 heterocycles. The van der Waals surface area contributed by atoms with Gasteiger partial charge in [-0.15, -0.1) is 0 Å². The Morgan fingerprint density at radius 1 is 0.875 bits per heavy atom. The molecule has 1 nitrogen and oxygen atoms in total. The Morgan fingerprint density at radius 3 is 1.88 bits per heavy atom. The normalized spacial score (nSPS) is 14.1. The summed E-state index contributed by atoms with van der Waals surface area (Å²) in [6.45, 7) is 9.15. The van der Waals surface area contributed by atoms with E-state index < -0.39 is 0 Å². The lowest BCUT2D eigenvalue weighted by atomic mass is 9.89. The zero-order valence-electron chi connectivity index (χ0n) is 12.1. The van der Waals surface area contributed by atoms with Gasteiger partial charge in [0.05, 0.1) is 6.10 Å². The molecule has 0 aliphatic rings. The van der Waals surface area contributed by atoms with Crippen molar-refractivity contribution >= 4 is 0 Å². The van der Waals surface area contributed by atoms with Crippen molar-refractivity contribution in [3.63, 3.8) is 0 Å². The summed E-state index contributed by atoms with van der Waals surface area (Å²) < 4.78 is 5.23. The van der Waals surface area contributed by atoms with Crippen molar-refractivity contribution in [2.45, 2.75) is 85.2 Å². The summed E-state index contributed by atoms with van der Waals surface area (Å²) >= 11 is 0. The average molecular weight is 228 g/mol. The molecule has 1 atom stereocenters. The van der Waals surface area contributed by atoms with Crippen molar-refractivity contribution in [2.75, 3.05) is 7.11 Å². The van der Waals surface area contributed by atoms with Crippen molar-refractivity contribution in [3.8, 4) is 0 Å². The summed E-state index contributed by atoms with van der Waals surface area (Å²) in [6, 6.07) is 0. The van der Waals surface area contributed by atoms with E-state index in [0.29, 0.717) is 11.5 Å². The smallest absolute Gasteiger partial charge is 0.0543 e. The second-order valence-electron chi connectivity index (χ2n) is 6.27. The highest BCUT2D eigenvalue weighted by molar-refractivity contribution is 4.61. The minimum atomic E-state index is 0.445. The predicted molar refractivity (Wildman–Crippen MR) is 72.9 cm³/mol. The zero-order valence-corrected chi connectivity index (χ0v) is 12.1. The van der Waals surface area contributed by atoms with Crippen LogP contribution in [-0.2, 0) is 4.74 Å². The largest absolute Gasteiger partial charge is 0.382 e. The first-order chi connectivity index (χ1) is 7.45. The molecule has 16 heavy (non-hydrogen) atoms. The molecule has 0 saturated carbocycles. The quantitative estimate of drug-likeness (QED) is 0.494. The van der Waals surface area contributed by atoms with Gasteiger partial charge in [-0.3, -0.25) is 0 Å². The molecule has 0 aromatic carbocycles. The van der Waals surface area contributed by atoms with E-state index in [1.54, 1.807) is 7.11 Å². The van der Waals surface area contributed by atoms with Gasteiger partial charge >= 0.3 is 0 Å². The molecule has 0 aliphatic carbocycles. The Labute approximate surface area is 103 Å². The van der Waals surface area contributed by atoms with Gasteiger partial charge in [-0.2, -0.15) is 0 Å². The van der Waals surface area contributed by atoms with Gasteiger partial charge in [-0.25, -0.2) is 0 Å². The maximum absolute atomic E-state index is 5.23. The van der Waals surface area contributed by atoms with E-state index in [4.69, 9.17) is 4.74 Å². The lowest BCUT2D eigenvalue weighted by Gasteiger charge is -2.17. The lowest BCUT2D eigenvalue weighted by Crippen LogP contribution is -2.04. The van der Waals surface area contributed by atoms with Crippen LogP contribution in [0.2, 0.25) is 0 Å².